The van der Waals surface area contributed by atoms with Crippen molar-refractivity contribution in [1.29, 1.82) is 0 Å². The van der Waals surface area contributed by atoms with Gasteiger partial charge in [0.15, 0.2) is 5.96 Å². The lowest BCUT2D eigenvalue weighted by Crippen LogP contribution is -2.47. The van der Waals surface area contributed by atoms with E-state index in [9.17, 15) is 0 Å². The molecule has 0 aromatic heterocycles. The van der Waals surface area contributed by atoms with E-state index >= 15 is 0 Å². The van der Waals surface area contributed by atoms with Crippen LogP contribution in [0.3, 0.4) is 0 Å². The lowest BCUT2D eigenvalue weighted by molar-refractivity contribution is 0.00991. The van der Waals surface area contributed by atoms with E-state index in [4.69, 9.17) is 9.47 Å². The van der Waals surface area contributed by atoms with E-state index in [1.54, 1.807) is 7.11 Å². The van der Waals surface area contributed by atoms with E-state index in [2.05, 4.69) is 36.0 Å². The molecule has 1 aliphatic rings. The van der Waals surface area contributed by atoms with E-state index in [1.807, 2.05) is 7.05 Å². The quantitative estimate of drug-likeness (QED) is 0.397. The normalized spacial score (nSPS) is 17.4. The van der Waals surface area contributed by atoms with Crippen LogP contribution >= 0.6 is 0 Å². The fourth-order valence-corrected chi connectivity index (χ4v) is 3.00. The smallest absolute Gasteiger partial charge is 0.193 e. The van der Waals surface area contributed by atoms with E-state index < -0.39 is 0 Å². The molecule has 5 nitrogen and oxygen atoms in total. The van der Waals surface area contributed by atoms with E-state index in [0.29, 0.717) is 11.5 Å². The van der Waals surface area contributed by atoms with Crippen LogP contribution in [0.2, 0.25) is 0 Å². The van der Waals surface area contributed by atoms with Gasteiger partial charge in [-0.05, 0) is 37.5 Å². The second kappa shape index (κ2) is 11.7. The fraction of sp³-hybridized carbons (Fsp3) is 0.947. The van der Waals surface area contributed by atoms with Crippen LogP contribution in [-0.4, -0.2) is 64.0 Å². The van der Waals surface area contributed by atoms with Gasteiger partial charge < -0.3 is 19.7 Å². The molecular formula is C19H39N3O2. The zero-order valence-corrected chi connectivity index (χ0v) is 16.6. The van der Waals surface area contributed by atoms with Gasteiger partial charge in [-0.15, -0.1) is 0 Å². The molecule has 1 N–H and O–H groups in total. The van der Waals surface area contributed by atoms with Crippen LogP contribution in [0, 0.1) is 5.41 Å². The van der Waals surface area contributed by atoms with Gasteiger partial charge in [0, 0.05) is 47.0 Å². The highest BCUT2D eigenvalue weighted by molar-refractivity contribution is 5.79. The predicted molar refractivity (Wildman–Crippen MR) is 102 cm³/mol. The number of nitrogens with zero attached hydrogens (tertiary/aromatic N) is 2. The molecule has 0 amide bonds. The van der Waals surface area contributed by atoms with Gasteiger partial charge in [0.2, 0.25) is 0 Å². The van der Waals surface area contributed by atoms with Crippen molar-refractivity contribution in [2.75, 3.05) is 47.0 Å². The first-order valence-electron chi connectivity index (χ1n) is 9.52. The van der Waals surface area contributed by atoms with Gasteiger partial charge in [0.1, 0.15) is 0 Å². The van der Waals surface area contributed by atoms with Crippen molar-refractivity contribution >= 4 is 5.96 Å². The van der Waals surface area contributed by atoms with Crippen LogP contribution in [0.25, 0.3) is 0 Å². The average molecular weight is 342 g/mol. The third-order valence-corrected chi connectivity index (χ3v) is 4.44. The Morgan fingerprint density at radius 2 is 1.83 bits per heavy atom. The Bertz CT molecular complexity index is 345. The molecule has 0 radical (unpaired) electrons. The first-order chi connectivity index (χ1) is 11.5. The summed E-state index contributed by atoms with van der Waals surface area (Å²) in [5.41, 5.74) is 0.437. The van der Waals surface area contributed by atoms with Crippen molar-refractivity contribution in [1.82, 2.24) is 10.2 Å². The van der Waals surface area contributed by atoms with E-state index in [1.165, 1.54) is 19.3 Å². The number of guanidine groups is 1. The molecule has 0 unspecified atom stereocenters. The van der Waals surface area contributed by atoms with Crippen molar-refractivity contribution in [3.05, 3.63) is 0 Å². The first-order valence-corrected chi connectivity index (χ1v) is 9.52. The van der Waals surface area contributed by atoms with Crippen molar-refractivity contribution in [3.8, 4) is 0 Å². The molecule has 0 aliphatic carbocycles. The standard InChI is InChI=1S/C19H39N3O2/c1-19(2,3)11-6-7-12-21-18(20-4)22-13-9-17(10-14-22)24-16-8-15-23-5/h17H,6-16H2,1-5H3,(H,20,21). The lowest BCUT2D eigenvalue weighted by Gasteiger charge is -2.34. The molecule has 1 fully saturated rings. The van der Waals surface area contributed by atoms with Crippen molar-refractivity contribution in [3.63, 3.8) is 0 Å². The minimum Gasteiger partial charge on any atom is -0.385 e. The number of hydrogen-bond acceptors (Lipinski definition) is 3. The summed E-state index contributed by atoms with van der Waals surface area (Å²) >= 11 is 0. The average Bonchev–Trinajstić information content (AvgIpc) is 2.55. The maximum Gasteiger partial charge on any atom is 0.193 e. The molecule has 0 aromatic rings. The van der Waals surface area contributed by atoms with Gasteiger partial charge in [0.25, 0.3) is 0 Å². The summed E-state index contributed by atoms with van der Waals surface area (Å²) in [4.78, 5) is 6.80. The minimum absolute atomic E-state index is 0.392. The number of piperidine rings is 1. The number of ether oxygens (including phenoxy) is 2. The molecule has 1 aliphatic heterocycles. The van der Waals surface area contributed by atoms with Gasteiger partial charge in [-0.1, -0.05) is 27.2 Å². The summed E-state index contributed by atoms with van der Waals surface area (Å²) in [6.07, 6.45) is 7.28. The van der Waals surface area contributed by atoms with Crippen LogP contribution in [0.5, 0.6) is 0 Å². The second-order valence-electron chi connectivity index (χ2n) is 7.90. The molecule has 0 saturated carbocycles. The number of unbranched alkanes of at least 4 members (excludes halogenated alkanes) is 1. The number of methoxy groups -OCH3 is 1. The number of nitrogens with one attached hydrogen (secondary N) is 1. The summed E-state index contributed by atoms with van der Waals surface area (Å²) in [6.45, 7) is 11.6. The molecule has 1 heterocycles. The Kier molecular flexibility index (Phi) is 10.3. The van der Waals surface area contributed by atoms with Gasteiger partial charge >= 0.3 is 0 Å². The first kappa shape index (κ1) is 21.2. The van der Waals surface area contributed by atoms with Crippen LogP contribution in [0.4, 0.5) is 0 Å². The molecule has 0 spiro atoms. The molecule has 1 rings (SSSR count). The molecule has 0 aromatic carbocycles. The molecule has 5 heteroatoms. The summed E-state index contributed by atoms with van der Waals surface area (Å²) < 4.78 is 11.0. The molecular weight excluding hydrogens is 302 g/mol. The Hall–Kier alpha value is -0.810. The lowest BCUT2D eigenvalue weighted by atomic mass is 9.90. The summed E-state index contributed by atoms with van der Waals surface area (Å²) in [7, 11) is 3.62. The molecule has 0 atom stereocenters. The van der Waals surface area contributed by atoms with E-state index in [0.717, 1.165) is 58.1 Å². The van der Waals surface area contributed by atoms with Crippen molar-refractivity contribution in [2.45, 2.75) is 65.4 Å². The van der Waals surface area contributed by atoms with Gasteiger partial charge in [0.05, 0.1) is 6.10 Å². The zero-order chi connectivity index (χ0) is 17.8. The van der Waals surface area contributed by atoms with Crippen LogP contribution in [0.15, 0.2) is 4.99 Å². The largest absolute Gasteiger partial charge is 0.385 e. The Labute approximate surface area is 149 Å². The highest BCUT2D eigenvalue weighted by Crippen LogP contribution is 2.21. The van der Waals surface area contributed by atoms with Gasteiger partial charge in [-0.2, -0.15) is 0 Å². The summed E-state index contributed by atoms with van der Waals surface area (Å²) in [5, 5.41) is 3.52. The van der Waals surface area contributed by atoms with Crippen LogP contribution in [-0.2, 0) is 9.47 Å². The molecule has 24 heavy (non-hydrogen) atoms. The van der Waals surface area contributed by atoms with Gasteiger partial charge in [-0.25, -0.2) is 0 Å². The zero-order valence-electron chi connectivity index (χ0n) is 16.6. The monoisotopic (exact) mass is 341 g/mol. The maximum absolute atomic E-state index is 5.92. The third-order valence-electron chi connectivity index (χ3n) is 4.44. The number of rotatable bonds is 9. The fourth-order valence-electron chi connectivity index (χ4n) is 3.00. The highest BCUT2D eigenvalue weighted by atomic mass is 16.5. The van der Waals surface area contributed by atoms with Gasteiger partial charge in [-0.3, -0.25) is 4.99 Å². The van der Waals surface area contributed by atoms with Crippen LogP contribution in [0.1, 0.15) is 59.3 Å². The van der Waals surface area contributed by atoms with Crippen molar-refractivity contribution < 1.29 is 9.47 Å². The second-order valence-corrected chi connectivity index (χ2v) is 7.90. The van der Waals surface area contributed by atoms with E-state index in [-0.39, 0.29) is 0 Å². The number of aliphatic imine (C=N–C) groups is 1. The topological polar surface area (TPSA) is 46.1 Å². The third kappa shape index (κ3) is 9.48. The number of likely N-dealkylation sites (tertiary alicyclic amines) is 1. The molecule has 0 bridgehead atoms. The number of hydrogen-bond donors (Lipinski definition) is 1. The molecule has 1 saturated heterocycles. The minimum atomic E-state index is 0.392. The SMILES string of the molecule is CN=C(NCCCCC(C)(C)C)N1CCC(OCCCOC)CC1. The predicted octanol–water partition coefficient (Wildman–Crippen LogP) is 3.30. The Morgan fingerprint density at radius 1 is 1.12 bits per heavy atom. The highest BCUT2D eigenvalue weighted by Gasteiger charge is 2.21. The summed E-state index contributed by atoms with van der Waals surface area (Å²) in [6, 6.07) is 0. The molecule has 142 valence electrons. The Morgan fingerprint density at radius 3 is 2.42 bits per heavy atom. The van der Waals surface area contributed by atoms with Crippen LogP contribution < -0.4 is 5.32 Å². The Balaban J connectivity index is 2.17. The maximum atomic E-state index is 5.92. The summed E-state index contributed by atoms with van der Waals surface area (Å²) in [5.74, 6) is 1.04. The van der Waals surface area contributed by atoms with Crippen molar-refractivity contribution in [2.24, 2.45) is 10.4 Å².